The third-order valence-corrected chi connectivity index (χ3v) is 8.11. The zero-order valence-corrected chi connectivity index (χ0v) is 26.0. The fourth-order valence-electron chi connectivity index (χ4n) is 5.56. The summed E-state index contributed by atoms with van der Waals surface area (Å²) in [6, 6.07) is 28.0. The predicted molar refractivity (Wildman–Crippen MR) is 181 cm³/mol. The van der Waals surface area contributed by atoms with Gasteiger partial charge >= 0.3 is 0 Å². The van der Waals surface area contributed by atoms with Gasteiger partial charge in [-0.25, -0.2) is 4.57 Å². The van der Waals surface area contributed by atoms with E-state index >= 15 is 0 Å². The lowest BCUT2D eigenvalue weighted by atomic mass is 10.1. The molecule has 232 valence electrons. The predicted octanol–water partition coefficient (Wildman–Crippen LogP) is 6.74. The van der Waals surface area contributed by atoms with Crippen molar-refractivity contribution in [1.82, 2.24) is 9.13 Å². The second-order valence-electron chi connectivity index (χ2n) is 11.5. The topological polar surface area (TPSA) is 106 Å². The lowest BCUT2D eigenvalue weighted by molar-refractivity contribution is 0.482. The molecule has 7 rings (SSSR count). The van der Waals surface area contributed by atoms with Crippen molar-refractivity contribution in [1.29, 1.82) is 0 Å². The Morgan fingerprint density at radius 3 is 1.06 bits per heavy atom. The highest BCUT2D eigenvalue weighted by atomic mass is 16.5. The van der Waals surface area contributed by atoms with Crippen LogP contribution in [0.1, 0.15) is 16.7 Å². The van der Waals surface area contributed by atoms with E-state index in [1.54, 1.807) is 48.5 Å². The molecule has 47 heavy (non-hydrogen) atoms. The van der Waals surface area contributed by atoms with Crippen LogP contribution in [0.2, 0.25) is 0 Å². The monoisotopic (exact) mass is 624 g/mol. The summed E-state index contributed by atoms with van der Waals surface area (Å²) in [5.74, 6) is 1.40. The van der Waals surface area contributed by atoms with Crippen molar-refractivity contribution in [3.05, 3.63) is 155 Å². The second kappa shape index (κ2) is 11.3. The highest BCUT2D eigenvalue weighted by molar-refractivity contribution is 6.11. The van der Waals surface area contributed by atoms with E-state index in [0.29, 0.717) is 23.0 Å². The van der Waals surface area contributed by atoms with E-state index in [9.17, 15) is 19.2 Å². The average Bonchev–Trinajstić information content (AvgIpc) is 3.46. The van der Waals surface area contributed by atoms with Gasteiger partial charge in [0.1, 0.15) is 44.5 Å². The smallest absolute Gasteiger partial charge is 0.270 e. The van der Waals surface area contributed by atoms with Crippen LogP contribution >= 0.6 is 0 Å². The summed E-state index contributed by atoms with van der Waals surface area (Å²) in [5.41, 5.74) is 0.456. The van der Waals surface area contributed by atoms with Crippen LogP contribution in [0.5, 0.6) is 34.5 Å². The molecule has 0 bridgehead atoms. The Morgan fingerprint density at radius 1 is 0.404 bits per heavy atom. The first-order valence-electron chi connectivity index (χ1n) is 14.9. The lowest BCUT2D eigenvalue weighted by Gasteiger charge is -2.12. The molecule has 9 nitrogen and oxygen atoms in total. The van der Waals surface area contributed by atoms with Gasteiger partial charge in [-0.3, -0.25) is 23.7 Å². The molecule has 0 spiro atoms. The number of fused-ring (bicyclic) bond motifs is 2. The molecular formula is C38H28N2O7. The van der Waals surface area contributed by atoms with E-state index < -0.39 is 22.2 Å². The minimum Gasteiger partial charge on any atom is -0.457 e. The zero-order chi connectivity index (χ0) is 33.0. The van der Waals surface area contributed by atoms with Crippen LogP contribution in [0.15, 0.2) is 116 Å². The Bertz CT molecular complexity index is 2390. The SMILES string of the molecule is Cc1ccc(Oc2ccc(-n3c(=O)c4c(Oc5ccc(C)cc5)c5c(=O)n(C)c(=O)c5c(Oc5ccc(C)cc5)c4c3=O)cc2)cc1. The number of hydrogen-bond donors (Lipinski definition) is 0. The molecule has 0 N–H and O–H groups in total. The van der Waals surface area contributed by atoms with Gasteiger partial charge in [0.05, 0.1) is 5.69 Å². The minimum absolute atomic E-state index is 0.149. The number of benzene rings is 5. The maximum absolute atomic E-state index is 14.3. The third-order valence-electron chi connectivity index (χ3n) is 8.11. The van der Waals surface area contributed by atoms with Crippen molar-refractivity contribution in [3.8, 4) is 40.2 Å². The summed E-state index contributed by atoms with van der Waals surface area (Å²) in [7, 11) is 1.33. The molecule has 0 fully saturated rings. The Labute approximate surface area is 267 Å². The number of rotatable bonds is 7. The molecule has 0 aliphatic carbocycles. The number of hydrogen-bond acceptors (Lipinski definition) is 7. The van der Waals surface area contributed by atoms with Gasteiger partial charge in [-0.15, -0.1) is 0 Å². The van der Waals surface area contributed by atoms with Crippen LogP contribution in [0, 0.1) is 20.8 Å². The Morgan fingerprint density at radius 2 is 0.702 bits per heavy atom. The third kappa shape index (κ3) is 5.07. The van der Waals surface area contributed by atoms with Gasteiger partial charge in [0.2, 0.25) is 0 Å². The van der Waals surface area contributed by atoms with Crippen LogP contribution in [0.25, 0.3) is 27.2 Å². The maximum atomic E-state index is 14.3. The summed E-state index contributed by atoms with van der Waals surface area (Å²) >= 11 is 0. The second-order valence-corrected chi connectivity index (χ2v) is 11.5. The van der Waals surface area contributed by atoms with Gasteiger partial charge in [-0.2, -0.15) is 0 Å². The highest BCUT2D eigenvalue weighted by Crippen LogP contribution is 2.41. The first kappa shape index (κ1) is 29.5. The van der Waals surface area contributed by atoms with E-state index in [-0.39, 0.29) is 38.7 Å². The number of aromatic nitrogens is 2. The van der Waals surface area contributed by atoms with Crippen LogP contribution < -0.4 is 36.4 Å². The standard InChI is InChI=1S/C38H28N2O7/c1-21-5-13-25(14-6-21)45-26-19-11-24(12-20-26)40-37(43)31-32(38(40)44)34(47-28-17-9-23(3)10-18-28)30-29(35(41)39(4)36(30)42)33(31)46-27-15-7-22(2)8-16-27/h5-20H,1-4H3. The first-order valence-corrected chi connectivity index (χ1v) is 14.9. The van der Waals surface area contributed by atoms with E-state index in [0.717, 1.165) is 25.8 Å². The summed E-state index contributed by atoms with van der Waals surface area (Å²) in [5, 5.41) is -0.645. The summed E-state index contributed by atoms with van der Waals surface area (Å²) < 4.78 is 20.3. The highest BCUT2D eigenvalue weighted by Gasteiger charge is 2.31. The van der Waals surface area contributed by atoms with E-state index in [2.05, 4.69) is 0 Å². The number of nitrogens with zero attached hydrogens (tertiary/aromatic N) is 2. The molecule has 0 saturated heterocycles. The fourth-order valence-corrected chi connectivity index (χ4v) is 5.56. The molecule has 7 aromatic rings. The van der Waals surface area contributed by atoms with Crippen molar-refractivity contribution in [2.45, 2.75) is 20.8 Å². The van der Waals surface area contributed by atoms with Crippen LogP contribution in [-0.2, 0) is 7.05 Å². The van der Waals surface area contributed by atoms with Gasteiger partial charge in [0.15, 0.2) is 11.5 Å². The largest absolute Gasteiger partial charge is 0.457 e. The molecular weight excluding hydrogens is 596 g/mol. The van der Waals surface area contributed by atoms with Crippen molar-refractivity contribution in [2.75, 3.05) is 0 Å². The van der Waals surface area contributed by atoms with E-state index in [1.165, 1.54) is 7.05 Å². The summed E-state index contributed by atoms with van der Waals surface area (Å²) in [4.78, 5) is 55.9. The average molecular weight is 625 g/mol. The molecule has 0 aliphatic rings. The van der Waals surface area contributed by atoms with E-state index in [4.69, 9.17) is 14.2 Å². The summed E-state index contributed by atoms with van der Waals surface area (Å²) in [6.45, 7) is 5.79. The van der Waals surface area contributed by atoms with Crippen LogP contribution in [0.3, 0.4) is 0 Å². The number of aryl methyl sites for hydroxylation is 3. The molecule has 2 aromatic heterocycles. The van der Waals surface area contributed by atoms with Gasteiger partial charge in [-0.05, 0) is 81.4 Å². The molecule has 2 heterocycles. The molecule has 9 heteroatoms. The summed E-state index contributed by atoms with van der Waals surface area (Å²) in [6.07, 6.45) is 0. The van der Waals surface area contributed by atoms with Crippen molar-refractivity contribution in [3.63, 3.8) is 0 Å². The van der Waals surface area contributed by atoms with Crippen molar-refractivity contribution in [2.24, 2.45) is 7.05 Å². The molecule has 5 aromatic carbocycles. The zero-order valence-electron chi connectivity index (χ0n) is 26.0. The lowest BCUT2D eigenvalue weighted by Crippen LogP contribution is -2.23. The molecule has 0 aliphatic heterocycles. The molecule has 0 saturated carbocycles. The molecule has 0 radical (unpaired) electrons. The first-order chi connectivity index (χ1) is 22.6. The maximum Gasteiger partial charge on any atom is 0.270 e. The fraction of sp³-hybridized carbons (Fsp3) is 0.105. The Hall–Kier alpha value is -6.22. The molecule has 0 amide bonds. The molecule has 0 unspecified atom stereocenters. The van der Waals surface area contributed by atoms with Crippen LogP contribution in [0.4, 0.5) is 0 Å². The van der Waals surface area contributed by atoms with E-state index in [1.807, 2.05) is 69.3 Å². The van der Waals surface area contributed by atoms with Crippen LogP contribution in [-0.4, -0.2) is 9.13 Å². The van der Waals surface area contributed by atoms with Gasteiger partial charge in [0.25, 0.3) is 22.2 Å². The normalized spacial score (nSPS) is 11.3. The van der Waals surface area contributed by atoms with Crippen molar-refractivity contribution >= 4 is 21.5 Å². The minimum atomic E-state index is -0.731. The van der Waals surface area contributed by atoms with Gasteiger partial charge in [0, 0.05) is 7.05 Å². The quantitative estimate of drug-likeness (QED) is 0.193. The Kier molecular flexibility index (Phi) is 7.09. The van der Waals surface area contributed by atoms with Gasteiger partial charge in [-0.1, -0.05) is 53.1 Å². The van der Waals surface area contributed by atoms with Crippen molar-refractivity contribution < 1.29 is 14.2 Å². The molecule has 0 atom stereocenters. The van der Waals surface area contributed by atoms with Gasteiger partial charge < -0.3 is 14.2 Å². The Balaban J connectivity index is 1.49. The number of ether oxygens (including phenoxy) is 3.